The van der Waals surface area contributed by atoms with Crippen LogP contribution in [-0.2, 0) is 24.4 Å². The minimum atomic E-state index is -0.492. The number of benzene rings is 1. The van der Waals surface area contributed by atoms with E-state index in [2.05, 4.69) is 10.00 Å². The van der Waals surface area contributed by atoms with Crippen LogP contribution >= 0.6 is 11.6 Å². The van der Waals surface area contributed by atoms with Crippen molar-refractivity contribution in [3.63, 3.8) is 0 Å². The summed E-state index contributed by atoms with van der Waals surface area (Å²) in [6.07, 6.45) is 4.83. The number of halogens is 1. The highest BCUT2D eigenvalue weighted by Gasteiger charge is 2.43. The Bertz CT molecular complexity index is 1030. The number of hydrogen-bond acceptors (Lipinski definition) is 5. The number of ether oxygens (including phenoxy) is 1. The van der Waals surface area contributed by atoms with E-state index < -0.39 is 16.7 Å². The van der Waals surface area contributed by atoms with E-state index in [9.17, 15) is 9.59 Å². The predicted octanol–water partition coefficient (Wildman–Crippen LogP) is 2.35. The molecule has 0 amide bonds. The molecule has 154 valence electrons. The topological polar surface area (TPSA) is 69.4 Å². The van der Waals surface area contributed by atoms with Crippen molar-refractivity contribution in [3.05, 3.63) is 61.4 Å². The molecule has 7 nitrogen and oxygen atoms in total. The Hall–Kier alpha value is -1.96. The molecule has 1 spiro atoms. The molecule has 0 bridgehead atoms. The van der Waals surface area contributed by atoms with Crippen LogP contribution < -0.4 is 11.1 Å². The van der Waals surface area contributed by atoms with E-state index in [4.69, 9.17) is 16.3 Å². The van der Waals surface area contributed by atoms with Crippen LogP contribution in [0.2, 0.25) is 5.02 Å². The van der Waals surface area contributed by atoms with Gasteiger partial charge < -0.3 is 4.74 Å². The van der Waals surface area contributed by atoms with Gasteiger partial charge in [0.25, 0.3) is 0 Å². The fourth-order valence-corrected chi connectivity index (χ4v) is 5.06. The fourth-order valence-electron chi connectivity index (χ4n) is 4.93. The number of likely N-dealkylation sites (tertiary alicyclic amines) is 1. The van der Waals surface area contributed by atoms with E-state index in [1.807, 2.05) is 24.3 Å². The van der Waals surface area contributed by atoms with Gasteiger partial charge >= 0.3 is 11.1 Å². The van der Waals surface area contributed by atoms with Crippen LogP contribution in [0.1, 0.15) is 49.5 Å². The molecule has 1 saturated heterocycles. The molecular weight excluding hydrogens is 392 g/mol. The van der Waals surface area contributed by atoms with Crippen molar-refractivity contribution in [3.8, 4) is 0 Å². The number of hydrogen-bond donors (Lipinski definition) is 0. The molecule has 2 aliphatic heterocycles. The van der Waals surface area contributed by atoms with E-state index in [1.54, 1.807) is 4.57 Å². The Kier molecular flexibility index (Phi) is 4.84. The van der Waals surface area contributed by atoms with Crippen molar-refractivity contribution in [2.45, 2.75) is 63.4 Å². The maximum absolute atomic E-state index is 12.8. The maximum atomic E-state index is 12.8. The second-order valence-corrected chi connectivity index (χ2v) is 8.99. The summed E-state index contributed by atoms with van der Waals surface area (Å²) >= 11 is 5.97. The van der Waals surface area contributed by atoms with Crippen LogP contribution in [0.3, 0.4) is 0 Å². The van der Waals surface area contributed by atoms with Crippen LogP contribution in [0.25, 0.3) is 0 Å². The van der Waals surface area contributed by atoms with Crippen molar-refractivity contribution < 1.29 is 4.74 Å². The van der Waals surface area contributed by atoms with Gasteiger partial charge in [0.05, 0.1) is 12.6 Å². The first kappa shape index (κ1) is 19.0. The number of aromatic nitrogens is 3. The first-order chi connectivity index (χ1) is 14.0. The highest BCUT2D eigenvalue weighted by atomic mass is 35.5. The van der Waals surface area contributed by atoms with E-state index in [1.165, 1.54) is 10.2 Å². The van der Waals surface area contributed by atoms with Gasteiger partial charge in [-0.2, -0.15) is 5.10 Å². The lowest BCUT2D eigenvalue weighted by Crippen LogP contribution is -2.53. The van der Waals surface area contributed by atoms with E-state index in [0.29, 0.717) is 12.4 Å². The molecule has 0 radical (unpaired) electrons. The largest absolute Gasteiger partial charge is 0.364 e. The third-order valence-corrected chi connectivity index (χ3v) is 6.76. The molecule has 2 aromatic rings. The fraction of sp³-hybridized carbons (Fsp3) is 0.571. The zero-order chi connectivity index (χ0) is 20.0. The lowest BCUT2D eigenvalue weighted by atomic mass is 10.0. The van der Waals surface area contributed by atoms with Crippen LogP contribution in [0.15, 0.2) is 33.9 Å². The summed E-state index contributed by atoms with van der Waals surface area (Å²) in [6, 6.07) is 7.92. The van der Waals surface area contributed by atoms with Crippen LogP contribution in [0.5, 0.6) is 0 Å². The molecule has 1 aromatic heterocycles. The summed E-state index contributed by atoms with van der Waals surface area (Å²) in [5.74, 6) is 0.572. The molecule has 1 saturated carbocycles. The van der Waals surface area contributed by atoms with Crippen molar-refractivity contribution in [1.82, 2.24) is 19.2 Å². The molecular formula is C21H25ClN4O3. The van der Waals surface area contributed by atoms with Gasteiger partial charge in [-0.1, -0.05) is 36.6 Å². The molecule has 1 aliphatic carbocycles. The molecule has 2 fully saturated rings. The molecule has 1 unspecified atom stereocenters. The van der Waals surface area contributed by atoms with Crippen LogP contribution in [0.4, 0.5) is 0 Å². The Morgan fingerprint density at radius 2 is 1.86 bits per heavy atom. The average Bonchev–Trinajstić information content (AvgIpc) is 3.38. The van der Waals surface area contributed by atoms with Crippen molar-refractivity contribution in [1.29, 1.82) is 0 Å². The molecule has 1 aromatic carbocycles. The standard InChI is InChI=1S/C21H25ClN4O3/c22-16-7-5-15(6-8-16)11-24-10-9-21(13-24)14-25-18(12-29-21)23-26(20(28)19(25)27)17-3-1-2-4-17/h5-8,17H,1-4,9-14H2. The average molecular weight is 417 g/mol. The van der Waals surface area contributed by atoms with Crippen molar-refractivity contribution in [2.24, 2.45) is 0 Å². The first-order valence-electron chi connectivity index (χ1n) is 10.4. The lowest BCUT2D eigenvalue weighted by molar-refractivity contribution is -0.0860. The summed E-state index contributed by atoms with van der Waals surface area (Å²) in [6.45, 7) is 3.10. The molecule has 0 N–H and O–H groups in total. The van der Waals surface area contributed by atoms with Gasteiger partial charge in [-0.15, -0.1) is 0 Å². The molecule has 3 heterocycles. The number of nitrogens with zero attached hydrogens (tertiary/aromatic N) is 4. The molecule has 29 heavy (non-hydrogen) atoms. The third-order valence-electron chi connectivity index (χ3n) is 6.51. The summed E-state index contributed by atoms with van der Waals surface area (Å²) in [7, 11) is 0. The highest BCUT2D eigenvalue weighted by molar-refractivity contribution is 6.30. The third kappa shape index (κ3) is 3.56. The Balaban J connectivity index is 1.35. The Morgan fingerprint density at radius 1 is 1.10 bits per heavy atom. The molecule has 8 heteroatoms. The lowest BCUT2D eigenvalue weighted by Gasteiger charge is -2.35. The van der Waals surface area contributed by atoms with Crippen molar-refractivity contribution >= 4 is 11.6 Å². The zero-order valence-corrected chi connectivity index (χ0v) is 17.1. The SMILES string of the molecule is O=c1c(=O)n2c(nn1C1CCCC1)COC1(CCN(Cc3ccc(Cl)cc3)C1)C2. The highest BCUT2D eigenvalue weighted by Crippen LogP contribution is 2.32. The minimum Gasteiger partial charge on any atom is -0.364 e. The quantitative estimate of drug-likeness (QED) is 0.718. The van der Waals surface area contributed by atoms with Gasteiger partial charge in [0.1, 0.15) is 12.2 Å². The monoisotopic (exact) mass is 416 g/mol. The van der Waals surface area contributed by atoms with Gasteiger partial charge in [0.15, 0.2) is 5.82 Å². The Labute approximate surface area is 173 Å². The maximum Gasteiger partial charge on any atom is 0.332 e. The number of fused-ring (bicyclic) bond motifs is 1. The van der Waals surface area contributed by atoms with Gasteiger partial charge in [-0.05, 0) is 37.0 Å². The second kappa shape index (κ2) is 7.38. The summed E-state index contributed by atoms with van der Waals surface area (Å²) in [5.41, 5.74) is -0.188. The van der Waals surface area contributed by atoms with Crippen molar-refractivity contribution in [2.75, 3.05) is 13.1 Å². The van der Waals surface area contributed by atoms with Gasteiger partial charge in [0, 0.05) is 24.7 Å². The molecule has 5 rings (SSSR count). The predicted molar refractivity (Wildman–Crippen MR) is 109 cm³/mol. The summed E-state index contributed by atoms with van der Waals surface area (Å²) in [4.78, 5) is 27.8. The van der Waals surface area contributed by atoms with Crippen LogP contribution in [-0.4, -0.2) is 37.9 Å². The Morgan fingerprint density at radius 3 is 2.62 bits per heavy atom. The van der Waals surface area contributed by atoms with E-state index in [-0.39, 0.29) is 12.6 Å². The minimum absolute atomic E-state index is 0.0540. The number of rotatable bonds is 3. The second-order valence-electron chi connectivity index (χ2n) is 8.55. The van der Waals surface area contributed by atoms with Gasteiger partial charge in [-0.25, -0.2) is 4.68 Å². The summed E-state index contributed by atoms with van der Waals surface area (Å²) < 4.78 is 9.23. The molecule has 3 aliphatic rings. The molecule has 1 atom stereocenters. The zero-order valence-electron chi connectivity index (χ0n) is 16.3. The first-order valence-corrected chi connectivity index (χ1v) is 10.7. The van der Waals surface area contributed by atoms with E-state index >= 15 is 0 Å². The van der Waals surface area contributed by atoms with Gasteiger partial charge in [-0.3, -0.25) is 19.1 Å². The smallest absolute Gasteiger partial charge is 0.332 e. The summed E-state index contributed by atoms with van der Waals surface area (Å²) in [5, 5.41) is 5.25. The van der Waals surface area contributed by atoms with Gasteiger partial charge in [0.2, 0.25) is 0 Å². The normalized spacial score (nSPS) is 25.0. The van der Waals surface area contributed by atoms with E-state index in [0.717, 1.165) is 56.8 Å². The van der Waals surface area contributed by atoms with Crippen LogP contribution in [0, 0.1) is 0 Å².